The number of nitrogens with zero attached hydrogens (tertiary/aromatic N) is 1. The molecule has 5 atom stereocenters. The molecule has 0 aromatic rings. The number of carbonyl (C=O) groups is 1. The molecule has 0 radical (unpaired) electrons. The van der Waals surface area contributed by atoms with E-state index in [2.05, 4.69) is 0 Å². The summed E-state index contributed by atoms with van der Waals surface area (Å²) in [5.41, 5.74) is 6.04. The van der Waals surface area contributed by atoms with Crippen molar-refractivity contribution in [1.29, 1.82) is 0 Å². The SMILES string of the molecule is CC(C)(C)OC(=O)N1CCOCC1C(N)CC1CC2CCC1C2. The van der Waals surface area contributed by atoms with Gasteiger partial charge in [0, 0.05) is 12.6 Å². The van der Waals surface area contributed by atoms with E-state index in [0.29, 0.717) is 19.8 Å². The molecule has 2 bridgehead atoms. The van der Waals surface area contributed by atoms with Gasteiger partial charge in [0.1, 0.15) is 5.60 Å². The van der Waals surface area contributed by atoms with Crippen molar-refractivity contribution in [1.82, 2.24) is 4.90 Å². The molecule has 23 heavy (non-hydrogen) atoms. The fourth-order valence-corrected chi connectivity index (χ4v) is 4.70. The average Bonchev–Trinajstić information content (AvgIpc) is 3.08. The molecule has 0 aromatic heterocycles. The highest BCUT2D eigenvalue weighted by Gasteiger charge is 2.42. The Balaban J connectivity index is 1.60. The smallest absolute Gasteiger partial charge is 0.410 e. The van der Waals surface area contributed by atoms with Crippen LogP contribution < -0.4 is 5.73 Å². The van der Waals surface area contributed by atoms with Gasteiger partial charge in [-0.2, -0.15) is 0 Å². The molecule has 2 N–H and O–H groups in total. The number of morpholine rings is 1. The standard InChI is InChI=1S/C18H32N2O3/c1-18(2,3)23-17(21)20-6-7-22-11-16(20)15(19)10-14-9-12-4-5-13(14)8-12/h12-16H,4-11,19H2,1-3H3. The lowest BCUT2D eigenvalue weighted by Crippen LogP contribution is -2.58. The van der Waals surface area contributed by atoms with Gasteiger partial charge in [0.05, 0.1) is 19.3 Å². The molecule has 2 aliphatic carbocycles. The molecule has 132 valence electrons. The van der Waals surface area contributed by atoms with E-state index in [-0.39, 0.29) is 18.2 Å². The van der Waals surface area contributed by atoms with E-state index in [4.69, 9.17) is 15.2 Å². The molecule has 3 aliphatic rings. The number of hydrogen-bond acceptors (Lipinski definition) is 4. The molecule has 5 heteroatoms. The van der Waals surface area contributed by atoms with E-state index < -0.39 is 5.60 Å². The Labute approximate surface area is 139 Å². The van der Waals surface area contributed by atoms with Crippen LogP contribution in [0, 0.1) is 17.8 Å². The van der Waals surface area contributed by atoms with Crippen molar-refractivity contribution in [2.45, 2.75) is 70.6 Å². The van der Waals surface area contributed by atoms with Gasteiger partial charge in [0.25, 0.3) is 0 Å². The molecule has 2 saturated carbocycles. The molecule has 1 heterocycles. The minimum Gasteiger partial charge on any atom is -0.444 e. The number of hydrogen-bond donors (Lipinski definition) is 1. The van der Waals surface area contributed by atoms with Crippen LogP contribution in [0.15, 0.2) is 0 Å². The Morgan fingerprint density at radius 3 is 2.74 bits per heavy atom. The minimum absolute atomic E-state index is 0.0211. The molecule has 3 rings (SSSR count). The summed E-state index contributed by atoms with van der Waals surface area (Å²) in [6.07, 6.45) is 6.27. The van der Waals surface area contributed by atoms with E-state index in [0.717, 1.165) is 24.2 Å². The third-order valence-electron chi connectivity index (χ3n) is 5.75. The maximum absolute atomic E-state index is 12.5. The van der Waals surface area contributed by atoms with Crippen molar-refractivity contribution in [3.05, 3.63) is 0 Å². The summed E-state index contributed by atoms with van der Waals surface area (Å²) in [7, 11) is 0. The summed E-state index contributed by atoms with van der Waals surface area (Å²) >= 11 is 0. The maximum atomic E-state index is 12.5. The predicted molar refractivity (Wildman–Crippen MR) is 89.1 cm³/mol. The Morgan fingerprint density at radius 2 is 2.13 bits per heavy atom. The zero-order valence-corrected chi connectivity index (χ0v) is 14.8. The fraction of sp³-hybridized carbons (Fsp3) is 0.944. The van der Waals surface area contributed by atoms with Crippen LogP contribution in [0.25, 0.3) is 0 Å². The van der Waals surface area contributed by atoms with Gasteiger partial charge in [-0.3, -0.25) is 4.90 Å². The molecule has 1 aliphatic heterocycles. The Bertz CT molecular complexity index is 434. The minimum atomic E-state index is -0.478. The van der Waals surface area contributed by atoms with Crippen molar-refractivity contribution in [3.8, 4) is 0 Å². The number of ether oxygens (including phenoxy) is 2. The number of carbonyl (C=O) groups excluding carboxylic acids is 1. The molecule has 1 amide bonds. The molecule has 0 spiro atoms. The Kier molecular flexibility index (Phi) is 4.88. The van der Waals surface area contributed by atoms with Crippen LogP contribution in [0.1, 0.15) is 52.9 Å². The number of fused-ring (bicyclic) bond motifs is 2. The number of rotatable bonds is 3. The van der Waals surface area contributed by atoms with E-state index in [1.807, 2.05) is 20.8 Å². The summed E-state index contributed by atoms with van der Waals surface area (Å²) in [5.74, 6) is 2.54. The first-order chi connectivity index (χ1) is 10.8. The van der Waals surface area contributed by atoms with Gasteiger partial charge in [-0.1, -0.05) is 6.42 Å². The summed E-state index contributed by atoms with van der Waals surface area (Å²) in [5, 5.41) is 0. The first-order valence-corrected chi connectivity index (χ1v) is 9.16. The van der Waals surface area contributed by atoms with Gasteiger partial charge in [0.15, 0.2) is 0 Å². The van der Waals surface area contributed by atoms with Gasteiger partial charge in [-0.05, 0) is 64.2 Å². The van der Waals surface area contributed by atoms with Crippen molar-refractivity contribution in [2.75, 3.05) is 19.8 Å². The van der Waals surface area contributed by atoms with Crippen LogP contribution in [0.3, 0.4) is 0 Å². The van der Waals surface area contributed by atoms with Gasteiger partial charge < -0.3 is 15.2 Å². The zero-order chi connectivity index (χ0) is 16.6. The van der Waals surface area contributed by atoms with Crippen molar-refractivity contribution < 1.29 is 14.3 Å². The molecule has 3 fully saturated rings. The van der Waals surface area contributed by atoms with Crippen LogP contribution in [-0.2, 0) is 9.47 Å². The maximum Gasteiger partial charge on any atom is 0.410 e. The molecule has 5 nitrogen and oxygen atoms in total. The largest absolute Gasteiger partial charge is 0.444 e. The van der Waals surface area contributed by atoms with Crippen LogP contribution in [-0.4, -0.2) is 48.4 Å². The molecular formula is C18H32N2O3. The lowest BCUT2D eigenvalue weighted by molar-refractivity contribution is -0.0400. The van der Waals surface area contributed by atoms with E-state index in [9.17, 15) is 4.79 Å². The van der Waals surface area contributed by atoms with E-state index in [1.54, 1.807) is 4.90 Å². The monoisotopic (exact) mass is 324 g/mol. The van der Waals surface area contributed by atoms with Crippen molar-refractivity contribution >= 4 is 6.09 Å². The fourth-order valence-electron chi connectivity index (χ4n) is 4.70. The lowest BCUT2D eigenvalue weighted by Gasteiger charge is -2.40. The quantitative estimate of drug-likeness (QED) is 0.867. The molecule has 0 aromatic carbocycles. The van der Waals surface area contributed by atoms with Crippen LogP contribution in [0.5, 0.6) is 0 Å². The second kappa shape index (κ2) is 6.60. The second-order valence-electron chi connectivity index (χ2n) is 8.65. The lowest BCUT2D eigenvalue weighted by atomic mass is 9.82. The summed E-state index contributed by atoms with van der Waals surface area (Å²) in [4.78, 5) is 14.3. The van der Waals surface area contributed by atoms with Gasteiger partial charge >= 0.3 is 6.09 Å². The molecule has 1 saturated heterocycles. The van der Waals surface area contributed by atoms with Gasteiger partial charge in [0.2, 0.25) is 0 Å². The van der Waals surface area contributed by atoms with Crippen molar-refractivity contribution in [2.24, 2.45) is 23.5 Å². The second-order valence-corrected chi connectivity index (χ2v) is 8.65. The Hall–Kier alpha value is -0.810. The predicted octanol–water partition coefficient (Wildman–Crippen LogP) is 2.78. The third-order valence-corrected chi connectivity index (χ3v) is 5.75. The van der Waals surface area contributed by atoms with Crippen LogP contribution >= 0.6 is 0 Å². The van der Waals surface area contributed by atoms with Gasteiger partial charge in [-0.15, -0.1) is 0 Å². The topological polar surface area (TPSA) is 64.8 Å². The first-order valence-electron chi connectivity index (χ1n) is 9.16. The highest BCUT2D eigenvalue weighted by molar-refractivity contribution is 5.68. The molecular weight excluding hydrogens is 292 g/mol. The van der Waals surface area contributed by atoms with Crippen LogP contribution in [0.4, 0.5) is 4.79 Å². The number of amides is 1. The highest BCUT2D eigenvalue weighted by Crippen LogP contribution is 2.50. The third kappa shape index (κ3) is 4.00. The van der Waals surface area contributed by atoms with Gasteiger partial charge in [-0.25, -0.2) is 4.79 Å². The Morgan fingerprint density at radius 1 is 1.35 bits per heavy atom. The highest BCUT2D eigenvalue weighted by atomic mass is 16.6. The van der Waals surface area contributed by atoms with E-state index in [1.165, 1.54) is 25.7 Å². The number of nitrogens with two attached hydrogens (primary N) is 1. The normalized spacial score (nSPS) is 35.4. The van der Waals surface area contributed by atoms with E-state index >= 15 is 0 Å². The molecule has 5 unspecified atom stereocenters. The summed E-state index contributed by atoms with van der Waals surface area (Å²) in [6.45, 7) is 7.36. The zero-order valence-electron chi connectivity index (χ0n) is 14.8. The first kappa shape index (κ1) is 17.0. The summed E-state index contributed by atoms with van der Waals surface area (Å²) in [6, 6.07) is -0.0788. The van der Waals surface area contributed by atoms with Crippen LogP contribution in [0.2, 0.25) is 0 Å². The van der Waals surface area contributed by atoms with Crippen molar-refractivity contribution in [3.63, 3.8) is 0 Å². The average molecular weight is 324 g/mol. The summed E-state index contributed by atoms with van der Waals surface area (Å²) < 4.78 is 11.2.